The molecule has 0 radical (unpaired) electrons. The Morgan fingerprint density at radius 2 is 1.86 bits per heavy atom. The molecule has 0 atom stereocenters. The average molecular weight is 293 g/mol. The third-order valence-corrected chi connectivity index (χ3v) is 3.47. The Labute approximate surface area is 130 Å². The summed E-state index contributed by atoms with van der Waals surface area (Å²) in [4.78, 5) is 4.40. The smallest absolute Gasteiger partial charge is 0.238 e. The summed E-state index contributed by atoms with van der Waals surface area (Å²) in [5.74, 6) is 0.632. The third kappa shape index (κ3) is 3.28. The fraction of sp³-hybridized carbons (Fsp3) is 0.167. The summed E-state index contributed by atoms with van der Waals surface area (Å²) in [7, 11) is 1.91. The van der Waals surface area contributed by atoms with Gasteiger partial charge < -0.3 is 15.4 Å². The molecule has 4 heteroatoms. The number of nitrogens with one attached hydrogen (secondary N) is 2. The van der Waals surface area contributed by atoms with Crippen LogP contribution in [0.15, 0.2) is 65.5 Å². The number of nitrogens with zero attached hydrogens (tertiary/aromatic N) is 1. The molecular formula is C18H19N3O. The maximum Gasteiger partial charge on any atom is 0.238 e. The van der Waals surface area contributed by atoms with Gasteiger partial charge in [0.2, 0.25) is 5.88 Å². The van der Waals surface area contributed by atoms with Gasteiger partial charge in [-0.1, -0.05) is 42.5 Å². The maximum absolute atomic E-state index is 5.90. The fourth-order valence-corrected chi connectivity index (χ4v) is 2.28. The van der Waals surface area contributed by atoms with Gasteiger partial charge in [0.15, 0.2) is 0 Å². The summed E-state index contributed by atoms with van der Waals surface area (Å²) in [5.41, 5.74) is 4.20. The second-order valence-corrected chi connectivity index (χ2v) is 4.97. The first kappa shape index (κ1) is 14.2. The van der Waals surface area contributed by atoms with Crippen LogP contribution in [0.25, 0.3) is 5.70 Å². The average Bonchev–Trinajstić information content (AvgIpc) is 2.61. The highest BCUT2D eigenvalue weighted by Gasteiger charge is 2.13. The number of anilines is 1. The minimum atomic E-state index is 0.507. The van der Waals surface area contributed by atoms with E-state index in [9.17, 15) is 0 Å². The van der Waals surface area contributed by atoms with Crippen molar-refractivity contribution >= 4 is 17.6 Å². The highest BCUT2D eigenvalue weighted by Crippen LogP contribution is 2.22. The van der Waals surface area contributed by atoms with E-state index in [0.717, 1.165) is 22.5 Å². The zero-order chi connectivity index (χ0) is 15.2. The topological polar surface area (TPSA) is 45.6 Å². The van der Waals surface area contributed by atoms with Crippen LogP contribution in [0, 0.1) is 0 Å². The predicted octanol–water partition coefficient (Wildman–Crippen LogP) is 3.25. The summed E-state index contributed by atoms with van der Waals surface area (Å²) in [6.07, 6.45) is 1.83. The summed E-state index contributed by atoms with van der Waals surface area (Å²) in [6.45, 7) is 1.22. The lowest BCUT2D eigenvalue weighted by molar-refractivity contribution is 0.197. The van der Waals surface area contributed by atoms with E-state index < -0.39 is 0 Å². The van der Waals surface area contributed by atoms with E-state index in [2.05, 4.69) is 27.8 Å². The Balaban J connectivity index is 1.81. The second-order valence-electron chi connectivity index (χ2n) is 4.97. The lowest BCUT2D eigenvalue weighted by atomic mass is 10.1. The van der Waals surface area contributed by atoms with Gasteiger partial charge in [-0.15, -0.1) is 0 Å². The van der Waals surface area contributed by atoms with Crippen LogP contribution in [0.2, 0.25) is 0 Å². The van der Waals surface area contributed by atoms with E-state index in [-0.39, 0.29) is 0 Å². The minimum absolute atomic E-state index is 0.507. The van der Waals surface area contributed by atoms with E-state index in [4.69, 9.17) is 4.74 Å². The lowest BCUT2D eigenvalue weighted by Gasteiger charge is -2.18. The zero-order valence-corrected chi connectivity index (χ0v) is 12.5. The summed E-state index contributed by atoms with van der Waals surface area (Å²) < 4.78 is 5.90. The van der Waals surface area contributed by atoms with E-state index in [1.165, 1.54) is 0 Å². The van der Waals surface area contributed by atoms with Crippen LogP contribution < -0.4 is 10.6 Å². The molecule has 4 nitrogen and oxygen atoms in total. The number of hydrogen-bond acceptors (Lipinski definition) is 4. The van der Waals surface area contributed by atoms with Gasteiger partial charge in [0.05, 0.1) is 6.54 Å². The van der Waals surface area contributed by atoms with Crippen molar-refractivity contribution in [2.24, 2.45) is 4.99 Å². The molecule has 1 aliphatic rings. The van der Waals surface area contributed by atoms with Crippen LogP contribution in [-0.2, 0) is 11.3 Å². The van der Waals surface area contributed by atoms with Gasteiger partial charge in [-0.2, -0.15) is 0 Å². The van der Waals surface area contributed by atoms with Crippen molar-refractivity contribution in [3.8, 4) is 0 Å². The van der Waals surface area contributed by atoms with Crippen LogP contribution in [0.4, 0.5) is 5.69 Å². The first-order valence-corrected chi connectivity index (χ1v) is 7.32. The quantitative estimate of drug-likeness (QED) is 0.889. The predicted molar refractivity (Wildman–Crippen MR) is 90.6 cm³/mol. The van der Waals surface area contributed by atoms with E-state index >= 15 is 0 Å². The Kier molecular flexibility index (Phi) is 4.39. The van der Waals surface area contributed by atoms with Gasteiger partial charge in [-0.25, -0.2) is 4.99 Å². The van der Waals surface area contributed by atoms with Gasteiger partial charge >= 0.3 is 0 Å². The monoisotopic (exact) mass is 293 g/mol. The van der Waals surface area contributed by atoms with Crippen molar-refractivity contribution in [3.05, 3.63) is 71.6 Å². The Morgan fingerprint density at radius 3 is 2.59 bits per heavy atom. The van der Waals surface area contributed by atoms with Gasteiger partial charge in [-0.05, 0) is 17.7 Å². The first-order chi connectivity index (χ1) is 10.9. The fourth-order valence-electron chi connectivity index (χ4n) is 2.28. The molecule has 0 saturated heterocycles. The number of ether oxygens (including phenoxy) is 1. The molecule has 2 aromatic carbocycles. The first-order valence-electron chi connectivity index (χ1n) is 7.32. The molecule has 0 aliphatic carbocycles. The molecule has 2 N–H and O–H groups in total. The standard InChI is InChI=1S/C18H19N3O/c1-19-16-9-7-15(8-10-16)17-18(21-12-11-20-17)22-13-14-5-3-2-4-6-14/h2-10,12,19-20H,11,13H2,1H3. The van der Waals surface area contributed by atoms with E-state index in [0.29, 0.717) is 19.0 Å². The molecule has 0 fully saturated rings. The molecule has 0 bridgehead atoms. The van der Waals surface area contributed by atoms with Crippen molar-refractivity contribution in [2.75, 3.05) is 18.9 Å². The Morgan fingerprint density at radius 1 is 1.09 bits per heavy atom. The maximum atomic E-state index is 5.90. The van der Waals surface area contributed by atoms with Crippen molar-refractivity contribution in [3.63, 3.8) is 0 Å². The van der Waals surface area contributed by atoms with Crippen LogP contribution in [0.1, 0.15) is 11.1 Å². The van der Waals surface area contributed by atoms with Gasteiger partial charge in [0.25, 0.3) is 0 Å². The molecule has 0 unspecified atom stereocenters. The highest BCUT2D eigenvalue weighted by molar-refractivity contribution is 5.75. The summed E-state index contributed by atoms with van der Waals surface area (Å²) in [5, 5.41) is 6.46. The van der Waals surface area contributed by atoms with Crippen LogP contribution in [0.3, 0.4) is 0 Å². The molecule has 0 aromatic heterocycles. The van der Waals surface area contributed by atoms with E-state index in [1.807, 2.05) is 55.7 Å². The van der Waals surface area contributed by atoms with Crippen LogP contribution >= 0.6 is 0 Å². The molecular weight excluding hydrogens is 274 g/mol. The van der Waals surface area contributed by atoms with Crippen molar-refractivity contribution in [1.29, 1.82) is 0 Å². The molecule has 1 heterocycles. The summed E-state index contributed by atoms with van der Waals surface area (Å²) in [6, 6.07) is 18.3. The normalized spacial score (nSPS) is 13.7. The van der Waals surface area contributed by atoms with Crippen LogP contribution in [0.5, 0.6) is 0 Å². The Hall–Kier alpha value is -2.75. The largest absolute Gasteiger partial charge is 0.471 e. The molecule has 0 saturated carbocycles. The molecule has 0 spiro atoms. The van der Waals surface area contributed by atoms with Gasteiger partial charge in [-0.3, -0.25) is 0 Å². The van der Waals surface area contributed by atoms with Crippen molar-refractivity contribution in [2.45, 2.75) is 6.61 Å². The van der Waals surface area contributed by atoms with E-state index in [1.54, 1.807) is 0 Å². The zero-order valence-electron chi connectivity index (χ0n) is 12.5. The number of aliphatic imine (C=N–C) groups is 1. The number of rotatable bonds is 5. The SMILES string of the molecule is CNc1ccc(C2=C(OCc3ccccc3)N=CCN2)cc1. The van der Waals surface area contributed by atoms with Crippen molar-refractivity contribution < 1.29 is 4.74 Å². The number of hydrogen-bond donors (Lipinski definition) is 2. The lowest BCUT2D eigenvalue weighted by Crippen LogP contribution is -2.21. The minimum Gasteiger partial charge on any atom is -0.471 e. The molecule has 3 rings (SSSR count). The second kappa shape index (κ2) is 6.80. The van der Waals surface area contributed by atoms with Crippen LogP contribution in [-0.4, -0.2) is 19.8 Å². The van der Waals surface area contributed by atoms with Gasteiger partial charge in [0.1, 0.15) is 12.3 Å². The molecule has 0 amide bonds. The highest BCUT2D eigenvalue weighted by atomic mass is 16.5. The number of benzene rings is 2. The van der Waals surface area contributed by atoms with Gasteiger partial charge in [0, 0.05) is 24.5 Å². The summed E-state index contributed by atoms with van der Waals surface area (Å²) >= 11 is 0. The molecule has 22 heavy (non-hydrogen) atoms. The molecule has 112 valence electrons. The van der Waals surface area contributed by atoms with Crippen molar-refractivity contribution in [1.82, 2.24) is 5.32 Å². The third-order valence-electron chi connectivity index (χ3n) is 3.47. The molecule has 1 aliphatic heterocycles. The Bertz CT molecular complexity index is 675. The molecule has 2 aromatic rings.